The minimum Gasteiger partial charge on any atom is -0.497 e. The third kappa shape index (κ3) is 8.06. The van der Waals surface area contributed by atoms with Gasteiger partial charge in [-0.3, -0.25) is 13.9 Å². The first kappa shape index (κ1) is 30.2. The number of carbonyl (C=O) groups is 2. The number of nitrogens with zero attached hydrogens (tertiary/aromatic N) is 2. The molecule has 0 radical (unpaired) electrons. The van der Waals surface area contributed by atoms with Gasteiger partial charge < -0.3 is 15.0 Å². The van der Waals surface area contributed by atoms with Crippen LogP contribution in [0.5, 0.6) is 5.75 Å². The summed E-state index contributed by atoms with van der Waals surface area (Å²) in [5, 5.41) is 2.88. The van der Waals surface area contributed by atoms with Crippen molar-refractivity contribution in [2.75, 3.05) is 24.5 Å². The Morgan fingerprint density at radius 1 is 0.974 bits per heavy atom. The Balaban J connectivity index is 1.97. The summed E-state index contributed by atoms with van der Waals surface area (Å²) in [5.74, 6) is -0.143. The molecule has 3 aromatic carbocycles. The van der Waals surface area contributed by atoms with Crippen molar-refractivity contribution in [2.24, 2.45) is 0 Å². The van der Waals surface area contributed by atoms with E-state index in [2.05, 4.69) is 21.2 Å². The molecule has 0 aliphatic carbocycles. The van der Waals surface area contributed by atoms with Gasteiger partial charge in [-0.2, -0.15) is 0 Å². The summed E-state index contributed by atoms with van der Waals surface area (Å²) in [7, 11) is -2.52. The van der Waals surface area contributed by atoms with Gasteiger partial charge in [0.1, 0.15) is 18.3 Å². The molecule has 0 unspecified atom stereocenters. The van der Waals surface area contributed by atoms with Crippen molar-refractivity contribution in [1.29, 1.82) is 0 Å². The smallest absolute Gasteiger partial charge is 0.264 e. The van der Waals surface area contributed by atoms with E-state index in [1.54, 1.807) is 68.6 Å². The molecule has 8 nitrogen and oxygen atoms in total. The van der Waals surface area contributed by atoms with Crippen molar-refractivity contribution < 1.29 is 22.7 Å². The van der Waals surface area contributed by atoms with Crippen LogP contribution in [0.25, 0.3) is 0 Å². The molecule has 0 spiro atoms. The Bertz CT molecular complexity index is 1330. The number of sulfonamides is 1. The molecular formula is C29H34BrN3O5S. The summed E-state index contributed by atoms with van der Waals surface area (Å²) in [6.07, 6.45) is 1.74. The van der Waals surface area contributed by atoms with Gasteiger partial charge in [-0.15, -0.1) is 0 Å². The second-order valence-electron chi connectivity index (χ2n) is 8.99. The average Bonchev–Trinajstić information content (AvgIpc) is 2.95. The number of hydrogen-bond acceptors (Lipinski definition) is 5. The lowest BCUT2D eigenvalue weighted by molar-refractivity contribution is -0.139. The molecule has 3 rings (SSSR count). The molecule has 0 aliphatic heterocycles. The lowest BCUT2D eigenvalue weighted by Gasteiger charge is -2.32. The van der Waals surface area contributed by atoms with Crippen molar-refractivity contribution in [3.05, 3.63) is 88.9 Å². The Kier molecular flexibility index (Phi) is 10.9. The predicted molar refractivity (Wildman–Crippen MR) is 156 cm³/mol. The van der Waals surface area contributed by atoms with Crippen LogP contribution in [0, 0.1) is 0 Å². The number of unbranched alkanes of at least 4 members (excludes halogenated alkanes) is 1. The SMILES string of the molecule is CCCCNC(=O)[C@H](C)N(Cc1ccc(OC)cc1)C(=O)CN(c1ccc(Br)cc1)S(=O)(=O)c1ccccc1. The van der Waals surface area contributed by atoms with Crippen LogP contribution in [-0.4, -0.2) is 51.4 Å². The summed E-state index contributed by atoms with van der Waals surface area (Å²) < 4.78 is 34.6. The highest BCUT2D eigenvalue weighted by Crippen LogP contribution is 2.26. The quantitative estimate of drug-likeness (QED) is 0.273. The summed E-state index contributed by atoms with van der Waals surface area (Å²) >= 11 is 3.38. The number of amides is 2. The van der Waals surface area contributed by atoms with E-state index in [1.165, 1.54) is 17.0 Å². The van der Waals surface area contributed by atoms with Gasteiger partial charge in [0.05, 0.1) is 17.7 Å². The number of rotatable bonds is 13. The number of benzene rings is 3. The van der Waals surface area contributed by atoms with Crippen LogP contribution in [0.15, 0.2) is 88.2 Å². The predicted octanol–water partition coefficient (Wildman–Crippen LogP) is 4.99. The zero-order valence-corrected chi connectivity index (χ0v) is 24.7. The lowest BCUT2D eigenvalue weighted by Crippen LogP contribution is -2.51. The maximum Gasteiger partial charge on any atom is 0.264 e. The van der Waals surface area contributed by atoms with Gasteiger partial charge in [0.2, 0.25) is 11.8 Å². The third-order valence-electron chi connectivity index (χ3n) is 6.23. The Labute approximate surface area is 239 Å². The van der Waals surface area contributed by atoms with Crippen molar-refractivity contribution >= 4 is 43.5 Å². The van der Waals surface area contributed by atoms with E-state index in [4.69, 9.17) is 4.74 Å². The number of halogens is 1. The van der Waals surface area contributed by atoms with Crippen molar-refractivity contribution in [2.45, 2.75) is 44.2 Å². The molecule has 2 amide bonds. The molecule has 0 aliphatic rings. The molecule has 1 atom stereocenters. The number of carbonyl (C=O) groups excluding carboxylic acids is 2. The van der Waals surface area contributed by atoms with Crippen LogP contribution in [0.1, 0.15) is 32.3 Å². The molecule has 0 bridgehead atoms. The van der Waals surface area contributed by atoms with Crippen LogP contribution >= 0.6 is 15.9 Å². The molecule has 0 saturated carbocycles. The fraction of sp³-hybridized carbons (Fsp3) is 0.310. The summed E-state index contributed by atoms with van der Waals surface area (Å²) in [5.41, 5.74) is 1.11. The number of ether oxygens (including phenoxy) is 1. The molecule has 39 heavy (non-hydrogen) atoms. The van der Waals surface area contributed by atoms with Gasteiger partial charge in [0.25, 0.3) is 10.0 Å². The van der Waals surface area contributed by atoms with E-state index >= 15 is 0 Å². The largest absolute Gasteiger partial charge is 0.497 e. The number of hydrogen-bond donors (Lipinski definition) is 1. The number of methoxy groups -OCH3 is 1. The van der Waals surface area contributed by atoms with Gasteiger partial charge in [0, 0.05) is 17.6 Å². The van der Waals surface area contributed by atoms with Gasteiger partial charge in [-0.1, -0.05) is 59.6 Å². The summed E-state index contributed by atoms with van der Waals surface area (Å²) in [4.78, 5) is 28.4. The summed E-state index contributed by atoms with van der Waals surface area (Å²) in [6, 6.07) is 21.0. The van der Waals surface area contributed by atoms with Gasteiger partial charge in [-0.05, 0) is 67.4 Å². The molecular weight excluding hydrogens is 582 g/mol. The lowest BCUT2D eigenvalue weighted by atomic mass is 10.1. The van der Waals surface area contributed by atoms with Crippen LogP contribution in [0.2, 0.25) is 0 Å². The maximum atomic E-state index is 13.9. The van der Waals surface area contributed by atoms with E-state index in [0.29, 0.717) is 18.0 Å². The molecule has 0 heterocycles. The zero-order valence-electron chi connectivity index (χ0n) is 22.3. The second-order valence-corrected chi connectivity index (χ2v) is 11.8. The van der Waals surface area contributed by atoms with Crippen LogP contribution < -0.4 is 14.4 Å². The zero-order chi connectivity index (χ0) is 28.4. The minimum atomic E-state index is -4.09. The Hall–Kier alpha value is -3.37. The monoisotopic (exact) mass is 615 g/mol. The van der Waals surface area contributed by atoms with E-state index in [0.717, 1.165) is 27.2 Å². The van der Waals surface area contributed by atoms with Gasteiger partial charge in [-0.25, -0.2) is 8.42 Å². The van der Waals surface area contributed by atoms with Crippen molar-refractivity contribution in [3.8, 4) is 5.75 Å². The Morgan fingerprint density at radius 3 is 2.21 bits per heavy atom. The average molecular weight is 617 g/mol. The minimum absolute atomic E-state index is 0.0628. The molecule has 0 aromatic heterocycles. The third-order valence-corrected chi connectivity index (χ3v) is 8.55. The normalized spacial score (nSPS) is 11.9. The first-order chi connectivity index (χ1) is 18.7. The number of nitrogens with one attached hydrogen (secondary N) is 1. The highest BCUT2D eigenvalue weighted by atomic mass is 79.9. The molecule has 1 N–H and O–H groups in total. The molecule has 10 heteroatoms. The van der Waals surface area contributed by atoms with Crippen molar-refractivity contribution in [1.82, 2.24) is 10.2 Å². The van der Waals surface area contributed by atoms with E-state index in [9.17, 15) is 18.0 Å². The van der Waals surface area contributed by atoms with E-state index in [1.807, 2.05) is 19.1 Å². The van der Waals surface area contributed by atoms with E-state index < -0.39 is 28.5 Å². The van der Waals surface area contributed by atoms with Gasteiger partial charge in [0.15, 0.2) is 0 Å². The van der Waals surface area contributed by atoms with Crippen LogP contribution in [0.3, 0.4) is 0 Å². The topological polar surface area (TPSA) is 96.0 Å². The fourth-order valence-electron chi connectivity index (χ4n) is 3.90. The van der Waals surface area contributed by atoms with Crippen LogP contribution in [-0.2, 0) is 26.2 Å². The summed E-state index contributed by atoms with van der Waals surface area (Å²) in [6.45, 7) is 3.81. The first-order valence-corrected chi connectivity index (χ1v) is 14.9. The maximum absolute atomic E-state index is 13.9. The Morgan fingerprint density at radius 2 is 1.62 bits per heavy atom. The second kappa shape index (κ2) is 14.1. The first-order valence-electron chi connectivity index (χ1n) is 12.7. The highest BCUT2D eigenvalue weighted by Gasteiger charge is 2.32. The van der Waals surface area contributed by atoms with E-state index in [-0.39, 0.29) is 17.3 Å². The fourth-order valence-corrected chi connectivity index (χ4v) is 5.60. The van der Waals surface area contributed by atoms with Gasteiger partial charge >= 0.3 is 0 Å². The van der Waals surface area contributed by atoms with Crippen molar-refractivity contribution in [3.63, 3.8) is 0 Å². The molecule has 0 saturated heterocycles. The molecule has 0 fully saturated rings. The molecule has 3 aromatic rings. The highest BCUT2D eigenvalue weighted by molar-refractivity contribution is 9.10. The number of anilines is 1. The molecule has 208 valence electrons. The standard InChI is InChI=1S/C29H34BrN3O5S/c1-4-5-19-31-29(35)22(2)32(20-23-11-17-26(38-3)18-12-23)28(34)21-33(25-15-13-24(30)14-16-25)39(36,37)27-9-7-6-8-10-27/h6-18,22H,4-5,19-21H2,1-3H3,(H,31,35)/t22-/m0/s1. The van der Waals surface area contributed by atoms with Crippen LogP contribution in [0.4, 0.5) is 5.69 Å².